The quantitative estimate of drug-likeness (QED) is 0.592. The van der Waals surface area contributed by atoms with Gasteiger partial charge in [-0.05, 0) is 6.42 Å². The Hall–Kier alpha value is -2.12. The van der Waals surface area contributed by atoms with E-state index in [0.717, 1.165) is 4.90 Å². The van der Waals surface area contributed by atoms with Gasteiger partial charge in [-0.15, -0.1) is 0 Å². The van der Waals surface area contributed by atoms with Crippen molar-refractivity contribution >= 4 is 23.8 Å². The number of rotatable bonds is 7. The molecule has 0 saturated carbocycles. The van der Waals surface area contributed by atoms with E-state index in [9.17, 15) is 19.2 Å². The molecule has 1 fully saturated rings. The number of carboxylic acid groups (broad SMARTS) is 1. The maximum absolute atomic E-state index is 11.5. The molecule has 1 saturated heterocycles. The van der Waals surface area contributed by atoms with Crippen LogP contribution < -0.4 is 5.32 Å². The zero-order chi connectivity index (χ0) is 14.4. The highest BCUT2D eigenvalue weighted by Crippen LogP contribution is 2.08. The van der Waals surface area contributed by atoms with Crippen LogP contribution in [0.5, 0.6) is 0 Å². The SMILES string of the molecule is CN1CC(=O)N(CCCC(=O)NCCC(=O)O)C1=O. The number of aliphatic carboxylic acids is 1. The van der Waals surface area contributed by atoms with E-state index in [1.807, 2.05) is 0 Å². The fraction of sp³-hybridized carbons (Fsp3) is 0.636. The van der Waals surface area contributed by atoms with Crippen LogP contribution >= 0.6 is 0 Å². The van der Waals surface area contributed by atoms with Gasteiger partial charge in [0, 0.05) is 26.6 Å². The van der Waals surface area contributed by atoms with Crippen molar-refractivity contribution in [3.8, 4) is 0 Å². The summed E-state index contributed by atoms with van der Waals surface area (Å²) >= 11 is 0. The number of nitrogens with zero attached hydrogens (tertiary/aromatic N) is 2. The van der Waals surface area contributed by atoms with Gasteiger partial charge in [0.25, 0.3) is 0 Å². The molecule has 0 aromatic heterocycles. The molecule has 1 heterocycles. The Morgan fingerprint density at radius 2 is 2.00 bits per heavy atom. The number of hydrogen-bond acceptors (Lipinski definition) is 4. The Balaban J connectivity index is 2.20. The molecule has 19 heavy (non-hydrogen) atoms. The second kappa shape index (κ2) is 6.72. The van der Waals surface area contributed by atoms with Gasteiger partial charge in [0.1, 0.15) is 6.54 Å². The molecule has 0 atom stereocenters. The molecule has 0 radical (unpaired) electrons. The summed E-state index contributed by atoms with van der Waals surface area (Å²) in [6.07, 6.45) is 0.393. The molecule has 0 aromatic carbocycles. The lowest BCUT2D eigenvalue weighted by Gasteiger charge is -2.13. The molecule has 106 valence electrons. The number of carboxylic acids is 1. The van der Waals surface area contributed by atoms with Crippen LogP contribution in [0.4, 0.5) is 4.79 Å². The van der Waals surface area contributed by atoms with E-state index in [1.165, 1.54) is 4.90 Å². The summed E-state index contributed by atoms with van der Waals surface area (Å²) < 4.78 is 0. The summed E-state index contributed by atoms with van der Waals surface area (Å²) in [5.41, 5.74) is 0. The molecule has 8 heteroatoms. The molecular formula is C11H17N3O5. The Bertz CT molecular complexity index is 396. The predicted molar refractivity (Wildman–Crippen MR) is 64.2 cm³/mol. The minimum absolute atomic E-state index is 0.0731. The van der Waals surface area contributed by atoms with Crippen LogP contribution in [0.1, 0.15) is 19.3 Å². The van der Waals surface area contributed by atoms with Crippen molar-refractivity contribution in [1.29, 1.82) is 0 Å². The van der Waals surface area contributed by atoms with Crippen molar-refractivity contribution in [3.63, 3.8) is 0 Å². The van der Waals surface area contributed by atoms with E-state index in [0.29, 0.717) is 6.42 Å². The number of hydrogen-bond donors (Lipinski definition) is 2. The number of carbonyl (C=O) groups is 4. The zero-order valence-corrected chi connectivity index (χ0v) is 10.7. The topological polar surface area (TPSA) is 107 Å². The van der Waals surface area contributed by atoms with Gasteiger partial charge in [-0.2, -0.15) is 0 Å². The third-order valence-corrected chi connectivity index (χ3v) is 2.68. The average molecular weight is 271 g/mol. The number of nitrogens with one attached hydrogen (secondary N) is 1. The van der Waals surface area contributed by atoms with E-state index in [4.69, 9.17) is 5.11 Å². The minimum atomic E-state index is -0.975. The highest BCUT2D eigenvalue weighted by atomic mass is 16.4. The first-order chi connectivity index (χ1) is 8.91. The first kappa shape index (κ1) is 14.9. The maximum Gasteiger partial charge on any atom is 0.326 e. The third-order valence-electron chi connectivity index (χ3n) is 2.68. The molecule has 1 aliphatic rings. The Morgan fingerprint density at radius 3 is 2.53 bits per heavy atom. The highest BCUT2D eigenvalue weighted by Gasteiger charge is 2.32. The summed E-state index contributed by atoms with van der Waals surface area (Å²) in [6, 6.07) is -0.351. The lowest BCUT2D eigenvalue weighted by Crippen LogP contribution is -2.33. The molecule has 1 rings (SSSR count). The van der Waals surface area contributed by atoms with Crippen molar-refractivity contribution in [2.75, 3.05) is 26.7 Å². The summed E-state index contributed by atoms with van der Waals surface area (Å²) in [4.78, 5) is 46.9. The van der Waals surface area contributed by atoms with E-state index in [-0.39, 0.29) is 50.3 Å². The molecule has 0 bridgehead atoms. The van der Waals surface area contributed by atoms with E-state index >= 15 is 0 Å². The lowest BCUT2D eigenvalue weighted by molar-refractivity contribution is -0.137. The first-order valence-corrected chi connectivity index (χ1v) is 5.95. The summed E-state index contributed by atoms with van der Waals surface area (Å²) in [6.45, 7) is 0.358. The van der Waals surface area contributed by atoms with Crippen molar-refractivity contribution < 1.29 is 24.3 Å². The van der Waals surface area contributed by atoms with Crippen LogP contribution in [0, 0.1) is 0 Å². The van der Waals surface area contributed by atoms with Crippen molar-refractivity contribution in [2.45, 2.75) is 19.3 Å². The molecule has 0 aliphatic carbocycles. The standard InChI is InChI=1S/C11H17N3O5/c1-13-7-9(16)14(11(13)19)6-2-3-8(15)12-5-4-10(17)18/h2-7H2,1H3,(H,12,15)(H,17,18). The monoisotopic (exact) mass is 271 g/mol. The molecule has 1 aliphatic heterocycles. The van der Waals surface area contributed by atoms with E-state index < -0.39 is 5.97 Å². The van der Waals surface area contributed by atoms with Crippen molar-refractivity contribution in [1.82, 2.24) is 15.1 Å². The molecular weight excluding hydrogens is 254 g/mol. The van der Waals surface area contributed by atoms with Gasteiger partial charge in [-0.25, -0.2) is 4.79 Å². The van der Waals surface area contributed by atoms with Crippen LogP contribution in [0.2, 0.25) is 0 Å². The van der Waals surface area contributed by atoms with E-state index in [1.54, 1.807) is 7.05 Å². The van der Waals surface area contributed by atoms with Gasteiger partial charge in [0.15, 0.2) is 0 Å². The minimum Gasteiger partial charge on any atom is -0.481 e. The predicted octanol–water partition coefficient (Wildman–Crippen LogP) is -0.748. The number of carbonyl (C=O) groups excluding carboxylic acids is 3. The van der Waals surface area contributed by atoms with Gasteiger partial charge >= 0.3 is 12.0 Å². The normalized spacial score (nSPS) is 15.0. The first-order valence-electron chi connectivity index (χ1n) is 5.95. The fourth-order valence-corrected chi connectivity index (χ4v) is 1.68. The van der Waals surface area contributed by atoms with Crippen LogP contribution in [0.15, 0.2) is 0 Å². The second-order valence-electron chi connectivity index (χ2n) is 4.28. The second-order valence-corrected chi connectivity index (χ2v) is 4.28. The molecule has 0 aromatic rings. The van der Waals surface area contributed by atoms with Crippen LogP contribution in [-0.4, -0.2) is 65.4 Å². The Labute approximate surface area is 110 Å². The van der Waals surface area contributed by atoms with Crippen LogP contribution in [0.3, 0.4) is 0 Å². The largest absolute Gasteiger partial charge is 0.481 e. The van der Waals surface area contributed by atoms with Gasteiger partial charge in [0.2, 0.25) is 11.8 Å². The molecule has 0 unspecified atom stereocenters. The summed E-state index contributed by atoms with van der Waals surface area (Å²) in [7, 11) is 1.54. The Morgan fingerprint density at radius 1 is 1.32 bits per heavy atom. The lowest BCUT2D eigenvalue weighted by atomic mass is 10.2. The molecule has 8 nitrogen and oxygen atoms in total. The van der Waals surface area contributed by atoms with Crippen molar-refractivity contribution in [2.24, 2.45) is 0 Å². The van der Waals surface area contributed by atoms with Crippen molar-refractivity contribution in [3.05, 3.63) is 0 Å². The fourth-order valence-electron chi connectivity index (χ4n) is 1.68. The summed E-state index contributed by atoms with van der Waals surface area (Å²) in [5, 5.41) is 10.8. The maximum atomic E-state index is 11.5. The molecule has 4 amide bonds. The van der Waals surface area contributed by atoms with Crippen LogP contribution in [-0.2, 0) is 14.4 Å². The smallest absolute Gasteiger partial charge is 0.326 e. The van der Waals surface area contributed by atoms with Gasteiger partial charge in [-0.1, -0.05) is 0 Å². The number of amides is 4. The number of urea groups is 1. The number of imide groups is 1. The number of likely N-dealkylation sites (N-methyl/N-ethyl adjacent to an activating group) is 1. The summed E-state index contributed by atoms with van der Waals surface area (Å²) in [5.74, 6) is -1.52. The molecule has 0 spiro atoms. The molecule has 2 N–H and O–H groups in total. The van der Waals surface area contributed by atoms with Gasteiger partial charge < -0.3 is 15.3 Å². The third kappa shape index (κ3) is 4.57. The van der Waals surface area contributed by atoms with Gasteiger partial charge in [0.05, 0.1) is 6.42 Å². The van der Waals surface area contributed by atoms with Crippen LogP contribution in [0.25, 0.3) is 0 Å². The highest BCUT2D eigenvalue weighted by molar-refractivity contribution is 6.01. The zero-order valence-electron chi connectivity index (χ0n) is 10.7. The Kier molecular flexibility index (Phi) is 5.28. The van der Waals surface area contributed by atoms with E-state index in [2.05, 4.69) is 5.32 Å². The average Bonchev–Trinajstić information content (AvgIpc) is 2.55. The van der Waals surface area contributed by atoms with Gasteiger partial charge in [-0.3, -0.25) is 19.3 Å².